The minimum atomic E-state index is -4.88. The zero-order valence-corrected chi connectivity index (χ0v) is 17.5. The average Bonchev–Trinajstić information content (AvgIpc) is 3.13. The van der Waals surface area contributed by atoms with Crippen LogP contribution in [-0.2, 0) is 31.5 Å². The van der Waals surface area contributed by atoms with Crippen LogP contribution in [-0.4, -0.2) is 10.1 Å². The Kier molecular flexibility index (Phi) is 6.72. The monoisotopic (exact) mass is 497 g/mol. The maximum absolute atomic E-state index is 13.6. The molecule has 0 saturated carbocycles. The molecule has 0 aliphatic heterocycles. The molecule has 0 atom stereocenters. The van der Waals surface area contributed by atoms with Crippen LogP contribution in [0.4, 0.5) is 35.1 Å². The molecule has 0 aliphatic rings. The Morgan fingerprint density at radius 3 is 1.94 bits per heavy atom. The predicted molar refractivity (Wildman–Crippen MR) is 104 cm³/mol. The van der Waals surface area contributed by atoms with Crippen LogP contribution in [0.1, 0.15) is 34.2 Å². The van der Waals surface area contributed by atoms with Gasteiger partial charge in [-0.05, 0) is 30.3 Å². The molecule has 0 bridgehead atoms. The molecule has 3 nitrogen and oxygen atoms in total. The number of aliphatic hydroxyl groups excluding tert-OH is 1. The summed E-state index contributed by atoms with van der Waals surface area (Å²) in [6.45, 7) is -0.520. The van der Waals surface area contributed by atoms with E-state index < -0.39 is 53.9 Å². The van der Waals surface area contributed by atoms with E-state index in [1.165, 1.54) is 12.1 Å². The first kappa shape index (κ1) is 24.9. The van der Waals surface area contributed by atoms with Crippen molar-refractivity contribution in [3.63, 3.8) is 0 Å². The van der Waals surface area contributed by atoms with Crippen molar-refractivity contribution in [3.05, 3.63) is 69.7 Å². The SMILES string of the molecule is CC(F)(F)c1cc(OCc2nc(-c3ccc(C(F)(F)F)cc3)sc2CO)cc(C(F)(F)F)c1. The van der Waals surface area contributed by atoms with Gasteiger partial charge in [0.25, 0.3) is 5.92 Å². The van der Waals surface area contributed by atoms with Crippen LogP contribution in [0.25, 0.3) is 10.6 Å². The fourth-order valence-corrected chi connectivity index (χ4v) is 3.73. The zero-order chi connectivity index (χ0) is 24.6. The topological polar surface area (TPSA) is 42.4 Å². The molecule has 3 rings (SSSR count). The quantitative estimate of drug-likeness (QED) is 0.372. The van der Waals surface area contributed by atoms with Crippen LogP contribution < -0.4 is 4.74 Å². The second-order valence-corrected chi connectivity index (χ2v) is 8.13. The number of rotatable bonds is 6. The number of thiazole rings is 1. The van der Waals surface area contributed by atoms with E-state index in [4.69, 9.17) is 4.74 Å². The molecule has 2 aromatic carbocycles. The summed E-state index contributed by atoms with van der Waals surface area (Å²) in [6.07, 6.45) is -9.40. The van der Waals surface area contributed by atoms with Crippen LogP contribution in [0.15, 0.2) is 42.5 Å². The average molecular weight is 497 g/mol. The largest absolute Gasteiger partial charge is 0.487 e. The van der Waals surface area contributed by atoms with Crippen molar-refractivity contribution in [3.8, 4) is 16.3 Å². The van der Waals surface area contributed by atoms with Gasteiger partial charge >= 0.3 is 12.4 Å². The highest BCUT2D eigenvalue weighted by Crippen LogP contribution is 2.38. The van der Waals surface area contributed by atoms with Crippen molar-refractivity contribution >= 4 is 11.3 Å². The van der Waals surface area contributed by atoms with E-state index in [-0.39, 0.29) is 15.6 Å². The van der Waals surface area contributed by atoms with Gasteiger partial charge < -0.3 is 9.84 Å². The fraction of sp³-hybridized carbons (Fsp3) is 0.286. The summed E-state index contributed by atoms with van der Waals surface area (Å²) in [4.78, 5) is 4.44. The summed E-state index contributed by atoms with van der Waals surface area (Å²) in [6, 6.07) is 5.78. The summed E-state index contributed by atoms with van der Waals surface area (Å²) in [5.74, 6) is -4.03. The zero-order valence-electron chi connectivity index (χ0n) is 16.7. The van der Waals surface area contributed by atoms with Crippen LogP contribution in [0, 0.1) is 0 Å². The minimum absolute atomic E-state index is 0.111. The number of halogens is 8. The number of nitrogens with zero attached hydrogens (tertiary/aromatic N) is 1. The van der Waals surface area contributed by atoms with Gasteiger partial charge in [0, 0.05) is 18.1 Å². The van der Waals surface area contributed by atoms with Gasteiger partial charge in [0.1, 0.15) is 17.4 Å². The van der Waals surface area contributed by atoms with Gasteiger partial charge in [-0.3, -0.25) is 0 Å². The van der Waals surface area contributed by atoms with E-state index in [9.17, 15) is 40.2 Å². The molecule has 12 heteroatoms. The van der Waals surface area contributed by atoms with Crippen LogP contribution in [0.3, 0.4) is 0 Å². The normalized spacial score (nSPS) is 12.8. The minimum Gasteiger partial charge on any atom is -0.487 e. The third kappa shape index (κ3) is 5.99. The number of aromatic nitrogens is 1. The Labute approximate surface area is 186 Å². The van der Waals surface area contributed by atoms with Crippen molar-refractivity contribution in [1.29, 1.82) is 0 Å². The van der Waals surface area contributed by atoms with Gasteiger partial charge in [0.15, 0.2) is 0 Å². The summed E-state index contributed by atoms with van der Waals surface area (Å²) in [5.41, 5.74) is -2.64. The summed E-state index contributed by atoms with van der Waals surface area (Å²) in [7, 11) is 0. The first-order valence-electron chi connectivity index (χ1n) is 9.19. The second-order valence-electron chi connectivity index (χ2n) is 7.04. The number of hydrogen-bond acceptors (Lipinski definition) is 4. The van der Waals surface area contributed by atoms with Gasteiger partial charge in [0.2, 0.25) is 0 Å². The molecule has 178 valence electrons. The van der Waals surface area contributed by atoms with Gasteiger partial charge in [-0.25, -0.2) is 13.8 Å². The molecule has 1 N–H and O–H groups in total. The molecule has 1 heterocycles. The van der Waals surface area contributed by atoms with Crippen molar-refractivity contribution in [2.45, 2.75) is 38.4 Å². The molecule has 33 heavy (non-hydrogen) atoms. The van der Waals surface area contributed by atoms with E-state index >= 15 is 0 Å². The second kappa shape index (κ2) is 8.90. The summed E-state index contributed by atoms with van der Waals surface area (Å²) in [5, 5.41) is 9.79. The Morgan fingerprint density at radius 2 is 1.42 bits per heavy atom. The van der Waals surface area contributed by atoms with E-state index in [1.54, 1.807) is 0 Å². The van der Waals surface area contributed by atoms with Crippen molar-refractivity contribution < 1.29 is 45.0 Å². The highest BCUT2D eigenvalue weighted by Gasteiger charge is 2.35. The summed E-state index contributed by atoms with van der Waals surface area (Å²) >= 11 is 0.954. The lowest BCUT2D eigenvalue weighted by Crippen LogP contribution is -2.12. The molecule has 0 aliphatic carbocycles. The van der Waals surface area contributed by atoms with E-state index in [1.807, 2.05) is 0 Å². The number of hydrogen-bond donors (Lipinski definition) is 1. The summed E-state index contributed by atoms with van der Waals surface area (Å²) < 4.78 is 110. The Morgan fingerprint density at radius 1 is 0.848 bits per heavy atom. The highest BCUT2D eigenvalue weighted by molar-refractivity contribution is 7.15. The molecule has 0 saturated heterocycles. The Bertz CT molecular complexity index is 1080. The van der Waals surface area contributed by atoms with Crippen LogP contribution >= 0.6 is 11.3 Å². The Hall–Kier alpha value is -2.73. The number of benzene rings is 2. The van der Waals surface area contributed by atoms with Crippen molar-refractivity contribution in [2.75, 3.05) is 0 Å². The molecule has 3 aromatic rings. The Balaban J connectivity index is 1.87. The highest BCUT2D eigenvalue weighted by atomic mass is 32.1. The smallest absolute Gasteiger partial charge is 0.416 e. The molecule has 0 radical (unpaired) electrons. The lowest BCUT2D eigenvalue weighted by Gasteiger charge is -2.16. The van der Waals surface area contributed by atoms with Crippen molar-refractivity contribution in [2.24, 2.45) is 0 Å². The van der Waals surface area contributed by atoms with Crippen LogP contribution in [0.5, 0.6) is 5.75 Å². The standard InChI is InChI=1S/C21H15F8NO2S/c1-19(22,23)13-6-14(21(27,28)29)8-15(7-13)32-10-16-17(9-31)33-18(30-16)11-2-4-12(5-3-11)20(24,25)26/h2-8,31H,9-10H2,1H3. The lowest BCUT2D eigenvalue weighted by atomic mass is 10.1. The predicted octanol–water partition coefficient (Wildman–Crippen LogP) is 7.03. The molecular formula is C21H15F8NO2S. The molecule has 0 fully saturated rings. The maximum atomic E-state index is 13.6. The van der Waals surface area contributed by atoms with Gasteiger partial charge in [-0.1, -0.05) is 12.1 Å². The molecule has 0 amide bonds. The number of alkyl halides is 8. The lowest BCUT2D eigenvalue weighted by molar-refractivity contribution is -0.138. The van der Waals surface area contributed by atoms with E-state index in [2.05, 4.69) is 4.98 Å². The van der Waals surface area contributed by atoms with E-state index in [0.717, 1.165) is 29.5 Å². The maximum Gasteiger partial charge on any atom is 0.416 e. The molecule has 1 aromatic heterocycles. The molecule has 0 unspecified atom stereocenters. The van der Waals surface area contributed by atoms with Crippen LogP contribution in [0.2, 0.25) is 0 Å². The molecular weight excluding hydrogens is 482 g/mol. The van der Waals surface area contributed by atoms with Crippen molar-refractivity contribution in [1.82, 2.24) is 4.98 Å². The third-order valence-corrected chi connectivity index (χ3v) is 5.63. The van der Waals surface area contributed by atoms with Gasteiger partial charge in [-0.15, -0.1) is 11.3 Å². The third-order valence-electron chi connectivity index (χ3n) is 4.50. The van der Waals surface area contributed by atoms with E-state index in [0.29, 0.717) is 24.6 Å². The molecule has 0 spiro atoms. The number of aliphatic hydroxyl groups is 1. The van der Waals surface area contributed by atoms with Gasteiger partial charge in [-0.2, -0.15) is 26.3 Å². The number of ether oxygens (including phenoxy) is 1. The van der Waals surface area contributed by atoms with Gasteiger partial charge in [0.05, 0.1) is 28.3 Å². The first-order valence-corrected chi connectivity index (χ1v) is 10.0. The first-order chi connectivity index (χ1) is 15.2. The fourth-order valence-electron chi connectivity index (χ4n) is 2.80.